The van der Waals surface area contributed by atoms with Gasteiger partial charge in [0, 0.05) is 12.1 Å². The molecule has 2 aromatic carbocycles. The van der Waals surface area contributed by atoms with Crippen molar-refractivity contribution in [2.45, 2.75) is 57.8 Å². The fourth-order valence-electron chi connectivity index (χ4n) is 4.55. The van der Waals surface area contributed by atoms with Crippen molar-refractivity contribution in [3.8, 4) is 5.75 Å². The average molecular weight is 631 g/mol. The van der Waals surface area contributed by atoms with E-state index in [0.29, 0.717) is 5.57 Å². The summed E-state index contributed by atoms with van der Waals surface area (Å²) in [6.45, 7) is 6.98. The summed E-state index contributed by atoms with van der Waals surface area (Å²) >= 11 is 0. The van der Waals surface area contributed by atoms with Crippen LogP contribution in [0.15, 0.2) is 85.1 Å². The predicted molar refractivity (Wildman–Crippen MR) is 158 cm³/mol. The Morgan fingerprint density at radius 2 is 1.82 bits per heavy atom. The number of allylic oxidation sites excluding steroid dienone is 1. The van der Waals surface area contributed by atoms with Gasteiger partial charge in [-0.3, -0.25) is 19.0 Å². The van der Waals surface area contributed by atoms with Crippen LogP contribution in [0, 0.1) is 5.92 Å². The zero-order valence-corrected chi connectivity index (χ0v) is 25.6. The minimum atomic E-state index is -4.32. The molecule has 2 aromatic rings. The summed E-state index contributed by atoms with van der Waals surface area (Å²) in [5.41, 5.74) is -0.612. The molecule has 6 atom stereocenters. The molecule has 0 aromatic heterocycles. The molecule has 0 radical (unpaired) electrons. The summed E-state index contributed by atoms with van der Waals surface area (Å²) in [5.74, 6) is -2.66. The lowest BCUT2D eigenvalue weighted by atomic mass is 9.89. The van der Waals surface area contributed by atoms with Crippen LogP contribution in [-0.2, 0) is 44.3 Å². The molecule has 2 aliphatic rings. The van der Waals surface area contributed by atoms with Crippen LogP contribution in [0.2, 0.25) is 0 Å². The number of ether oxygens (including phenoxy) is 3. The maximum Gasteiger partial charge on any atom is 0.459 e. The Morgan fingerprint density at radius 3 is 2.48 bits per heavy atom. The summed E-state index contributed by atoms with van der Waals surface area (Å²) in [6, 6.07) is 15.8. The molecular formula is C31H36FN2O9P. The van der Waals surface area contributed by atoms with E-state index in [1.54, 1.807) is 55.5 Å². The number of halogens is 1. The van der Waals surface area contributed by atoms with Gasteiger partial charge in [0.15, 0.2) is 18.5 Å². The number of alkyl halides is 1. The lowest BCUT2D eigenvalue weighted by Gasteiger charge is -2.34. The Balaban J connectivity index is 1.38. The van der Waals surface area contributed by atoms with Gasteiger partial charge in [0.25, 0.3) is 0 Å². The van der Waals surface area contributed by atoms with Gasteiger partial charge in [-0.25, -0.2) is 13.8 Å². The van der Waals surface area contributed by atoms with Gasteiger partial charge in [0.05, 0.1) is 19.1 Å². The molecule has 1 saturated heterocycles. The third-order valence-electron chi connectivity index (χ3n) is 7.28. The first-order chi connectivity index (χ1) is 20.9. The van der Waals surface area contributed by atoms with Crippen molar-refractivity contribution in [1.82, 2.24) is 9.99 Å². The number of rotatable bonds is 13. The Morgan fingerprint density at radius 1 is 1.16 bits per heavy atom. The zero-order chi connectivity index (χ0) is 31.9. The monoisotopic (exact) mass is 630 g/mol. The molecule has 0 spiro atoms. The first kappa shape index (κ1) is 33.1. The van der Waals surface area contributed by atoms with Crippen LogP contribution in [0.3, 0.4) is 0 Å². The highest BCUT2D eigenvalue weighted by atomic mass is 31.2. The lowest BCUT2D eigenvalue weighted by Crippen LogP contribution is -2.48. The zero-order valence-electron chi connectivity index (χ0n) is 24.7. The van der Waals surface area contributed by atoms with Crippen molar-refractivity contribution in [3.05, 3.63) is 90.7 Å². The highest BCUT2D eigenvalue weighted by Gasteiger charge is 2.56. The normalized spacial score (nSPS) is 25.3. The number of hydrogen-bond donors (Lipinski definition) is 1. The van der Waals surface area contributed by atoms with Gasteiger partial charge in [0.2, 0.25) is 5.91 Å². The second-order valence-electron chi connectivity index (χ2n) is 10.7. The van der Waals surface area contributed by atoms with Crippen LogP contribution in [0.4, 0.5) is 4.39 Å². The summed E-state index contributed by atoms with van der Waals surface area (Å²) in [5, 5.41) is 2.52. The van der Waals surface area contributed by atoms with Crippen molar-refractivity contribution in [3.63, 3.8) is 0 Å². The van der Waals surface area contributed by atoms with E-state index in [2.05, 4.69) is 11.7 Å². The van der Waals surface area contributed by atoms with Crippen LogP contribution in [0.1, 0.15) is 32.8 Å². The van der Waals surface area contributed by atoms with E-state index in [0.717, 1.165) is 5.56 Å². The minimum Gasteiger partial charge on any atom is -0.458 e. The maximum atomic E-state index is 15.9. The summed E-state index contributed by atoms with van der Waals surface area (Å²) in [7, 11) is -4.32. The van der Waals surface area contributed by atoms with Crippen molar-refractivity contribution in [2.24, 2.45) is 5.92 Å². The molecule has 0 bridgehead atoms. The van der Waals surface area contributed by atoms with E-state index in [9.17, 15) is 18.9 Å². The molecule has 0 saturated carbocycles. The number of carbonyl (C=O) groups is 3. The topological polar surface area (TPSA) is 130 Å². The average Bonchev–Trinajstić information content (AvgIpc) is 3.22. The molecule has 1 unspecified atom stereocenters. The fraction of sp³-hybridized carbons (Fsp3) is 0.387. The molecular weight excluding hydrogens is 594 g/mol. The predicted octanol–water partition coefficient (Wildman–Crippen LogP) is 4.85. The number of nitrogens with zero attached hydrogens (tertiary/aromatic N) is 1. The van der Waals surface area contributed by atoms with Crippen molar-refractivity contribution in [1.29, 1.82) is 0 Å². The standard InChI is InChI=1S/C31H36FN2O9P/c1-21-15-16-34(27(35)17-21)30-31(4,32)22(2)26(42-30)19-41-44(38,43-25-13-9-6-10-14-25)33-23(3)29(37)40-20-28(36)39-18-24-11-7-5-8-12-24/h5-16,22-23,26,30H,1,17-20H2,2-4H3,(H,33,38)/t22-,23+,26-,30-,31-,44?/m1/s1. The molecule has 1 N–H and O–H groups in total. The van der Waals surface area contributed by atoms with Gasteiger partial charge in [0.1, 0.15) is 18.4 Å². The summed E-state index contributed by atoms with van der Waals surface area (Å²) in [4.78, 5) is 38.5. The molecule has 2 heterocycles. The molecule has 13 heteroatoms. The number of carbonyl (C=O) groups excluding carboxylic acids is 3. The minimum absolute atomic E-state index is 0.0108. The van der Waals surface area contributed by atoms with E-state index in [4.69, 9.17) is 23.3 Å². The fourth-order valence-corrected chi connectivity index (χ4v) is 6.06. The molecule has 44 heavy (non-hydrogen) atoms. The van der Waals surface area contributed by atoms with Crippen molar-refractivity contribution in [2.75, 3.05) is 13.2 Å². The van der Waals surface area contributed by atoms with E-state index in [1.807, 2.05) is 6.07 Å². The number of amides is 1. The van der Waals surface area contributed by atoms with Crippen LogP contribution in [0.25, 0.3) is 0 Å². The van der Waals surface area contributed by atoms with Gasteiger partial charge in [-0.15, -0.1) is 0 Å². The Labute approximate surface area is 255 Å². The van der Waals surface area contributed by atoms with Crippen LogP contribution in [-0.4, -0.2) is 60.0 Å². The number of para-hydroxylation sites is 1. The van der Waals surface area contributed by atoms with Gasteiger partial charge in [-0.1, -0.05) is 62.0 Å². The number of benzene rings is 2. The highest BCUT2D eigenvalue weighted by molar-refractivity contribution is 7.52. The molecule has 4 rings (SSSR count). The Kier molecular flexibility index (Phi) is 10.7. The van der Waals surface area contributed by atoms with Gasteiger partial charge >= 0.3 is 19.7 Å². The van der Waals surface area contributed by atoms with Crippen molar-refractivity contribution >= 4 is 25.6 Å². The molecule has 1 amide bonds. The quantitative estimate of drug-likeness (QED) is 0.242. The number of nitrogens with one attached hydrogen (secondary N) is 1. The first-order valence-electron chi connectivity index (χ1n) is 14.0. The van der Waals surface area contributed by atoms with Crippen LogP contribution in [0.5, 0.6) is 5.75 Å². The summed E-state index contributed by atoms with van der Waals surface area (Å²) in [6.07, 6.45) is 0.899. The smallest absolute Gasteiger partial charge is 0.458 e. The second-order valence-corrected chi connectivity index (χ2v) is 12.4. The van der Waals surface area contributed by atoms with Gasteiger partial charge < -0.3 is 18.7 Å². The van der Waals surface area contributed by atoms with E-state index in [1.165, 1.54) is 37.1 Å². The number of esters is 2. The van der Waals surface area contributed by atoms with E-state index < -0.39 is 62.9 Å². The van der Waals surface area contributed by atoms with E-state index >= 15 is 4.39 Å². The van der Waals surface area contributed by atoms with Crippen molar-refractivity contribution < 1.29 is 46.6 Å². The van der Waals surface area contributed by atoms with Crippen LogP contribution < -0.4 is 9.61 Å². The van der Waals surface area contributed by atoms with Gasteiger partial charge in [-0.2, -0.15) is 5.09 Å². The molecule has 236 valence electrons. The lowest BCUT2D eigenvalue weighted by molar-refractivity contribution is -0.160. The third kappa shape index (κ3) is 8.41. The Hall–Kier alpha value is -3.83. The summed E-state index contributed by atoms with van der Waals surface area (Å²) < 4.78 is 57.2. The Bertz CT molecular complexity index is 1420. The third-order valence-corrected chi connectivity index (χ3v) is 8.93. The number of hydrogen-bond acceptors (Lipinski definition) is 9. The largest absolute Gasteiger partial charge is 0.459 e. The SMILES string of the molecule is C=C1C=CN([C@@H]2O[C@H](COP(=O)(N[C@@H](C)C(=O)OCC(=O)OCc3ccccc3)Oc3ccccc3)[C@@H](C)[C@@]2(C)F)C(=O)C1. The molecule has 2 aliphatic heterocycles. The maximum absolute atomic E-state index is 15.9. The van der Waals surface area contributed by atoms with E-state index in [-0.39, 0.29) is 24.7 Å². The molecule has 1 fully saturated rings. The first-order valence-corrected chi connectivity index (χ1v) is 15.6. The second kappa shape index (κ2) is 14.3. The van der Waals surface area contributed by atoms with Gasteiger partial charge in [-0.05, 0) is 43.2 Å². The van der Waals surface area contributed by atoms with Crippen LogP contribution >= 0.6 is 7.75 Å². The highest BCUT2D eigenvalue weighted by Crippen LogP contribution is 2.48. The molecule has 0 aliphatic carbocycles. The molecule has 11 nitrogen and oxygen atoms in total.